The van der Waals surface area contributed by atoms with E-state index in [2.05, 4.69) is 20.3 Å². The Bertz CT molecular complexity index is 1340. The van der Waals surface area contributed by atoms with E-state index in [1.54, 1.807) is 55.4 Å². The van der Waals surface area contributed by atoms with Crippen LogP contribution in [-0.2, 0) is 4.74 Å². The Morgan fingerprint density at radius 1 is 1.16 bits per heavy atom. The first-order valence-electron chi connectivity index (χ1n) is 11.9. The van der Waals surface area contributed by atoms with E-state index in [9.17, 15) is 9.90 Å². The molecule has 2 aromatic heterocycles. The number of ether oxygens (including phenoxy) is 3. The van der Waals surface area contributed by atoms with E-state index in [1.165, 1.54) is 0 Å². The summed E-state index contributed by atoms with van der Waals surface area (Å²) in [5.74, 6) is 3.48. The highest BCUT2D eigenvalue weighted by atomic mass is 32.2. The zero-order chi connectivity index (χ0) is 25.8. The van der Waals surface area contributed by atoms with Gasteiger partial charge in [0.2, 0.25) is 0 Å². The number of aromatic amines is 1. The highest BCUT2D eigenvalue weighted by molar-refractivity contribution is 7.99. The minimum Gasteiger partial charge on any atom is -0.488 e. The van der Waals surface area contributed by atoms with Crippen molar-refractivity contribution in [1.29, 1.82) is 0 Å². The third-order valence-corrected chi connectivity index (χ3v) is 7.04. The fraction of sp³-hybridized carbons (Fsp3) is 0.296. The van der Waals surface area contributed by atoms with Crippen LogP contribution in [0.3, 0.4) is 0 Å². The number of pyridine rings is 1. The summed E-state index contributed by atoms with van der Waals surface area (Å²) in [6, 6.07) is 15.9. The Morgan fingerprint density at radius 3 is 2.70 bits per heavy atom. The van der Waals surface area contributed by atoms with Crippen LogP contribution in [0.1, 0.15) is 17.3 Å². The Hall–Kier alpha value is -3.60. The molecule has 192 valence electrons. The van der Waals surface area contributed by atoms with Gasteiger partial charge in [0, 0.05) is 42.0 Å². The number of H-pyrrole nitrogens is 1. The lowest BCUT2D eigenvalue weighted by Gasteiger charge is -2.16. The van der Waals surface area contributed by atoms with Crippen molar-refractivity contribution < 1.29 is 24.1 Å². The number of amides is 1. The SMILES string of the molecule is COCC(C)Oc1cc(Oc2ccc(C(=O)NC3CSCC3O)cc2)cc(-c2nc3cccnc3[nH]2)c1. The lowest BCUT2D eigenvalue weighted by molar-refractivity contribution is 0.0889. The average molecular weight is 521 g/mol. The molecule has 0 bridgehead atoms. The van der Waals surface area contributed by atoms with Gasteiger partial charge < -0.3 is 29.6 Å². The molecule has 1 amide bonds. The molecule has 2 aromatic carbocycles. The van der Waals surface area contributed by atoms with Crippen molar-refractivity contribution in [1.82, 2.24) is 20.3 Å². The molecule has 10 heteroatoms. The second kappa shape index (κ2) is 11.2. The number of hydrogen-bond acceptors (Lipinski definition) is 8. The number of methoxy groups -OCH3 is 1. The van der Waals surface area contributed by atoms with E-state index >= 15 is 0 Å². The Kier molecular flexibility index (Phi) is 7.59. The van der Waals surface area contributed by atoms with Crippen LogP contribution in [0.2, 0.25) is 0 Å². The van der Waals surface area contributed by atoms with Crippen LogP contribution in [0.4, 0.5) is 0 Å². The Morgan fingerprint density at radius 2 is 1.97 bits per heavy atom. The van der Waals surface area contributed by atoms with Crippen molar-refractivity contribution >= 4 is 28.8 Å². The van der Waals surface area contributed by atoms with Crippen molar-refractivity contribution in [2.24, 2.45) is 0 Å². The van der Waals surface area contributed by atoms with Crippen molar-refractivity contribution in [3.05, 3.63) is 66.4 Å². The number of rotatable bonds is 9. The molecule has 3 N–H and O–H groups in total. The third kappa shape index (κ3) is 6.04. The molecule has 9 nitrogen and oxygen atoms in total. The molecule has 4 aromatic rings. The number of aromatic nitrogens is 3. The molecule has 5 rings (SSSR count). The van der Waals surface area contributed by atoms with Gasteiger partial charge in [0.15, 0.2) is 5.65 Å². The number of carbonyl (C=O) groups excluding carboxylic acids is 1. The number of aliphatic hydroxyl groups is 1. The first-order chi connectivity index (χ1) is 18.0. The van der Waals surface area contributed by atoms with Crippen LogP contribution in [0.5, 0.6) is 17.2 Å². The van der Waals surface area contributed by atoms with Gasteiger partial charge >= 0.3 is 0 Å². The molecule has 1 aliphatic rings. The summed E-state index contributed by atoms with van der Waals surface area (Å²) in [5, 5.41) is 12.9. The first-order valence-corrected chi connectivity index (χ1v) is 13.1. The molecule has 3 unspecified atom stereocenters. The minimum absolute atomic E-state index is 0.167. The van der Waals surface area contributed by atoms with Gasteiger partial charge in [0.1, 0.15) is 34.7 Å². The van der Waals surface area contributed by atoms with Gasteiger partial charge in [0.05, 0.1) is 18.8 Å². The third-order valence-electron chi connectivity index (χ3n) is 5.87. The Balaban J connectivity index is 1.37. The zero-order valence-corrected chi connectivity index (χ0v) is 21.3. The minimum atomic E-state index is -0.519. The number of thioether (sulfide) groups is 1. The maximum Gasteiger partial charge on any atom is 0.251 e. The van der Waals surface area contributed by atoms with E-state index in [1.807, 2.05) is 31.2 Å². The molecule has 1 saturated heterocycles. The number of nitrogens with zero attached hydrogens (tertiary/aromatic N) is 2. The first kappa shape index (κ1) is 25.1. The molecule has 0 radical (unpaired) electrons. The van der Waals surface area contributed by atoms with Gasteiger partial charge in [-0.05, 0) is 55.5 Å². The van der Waals surface area contributed by atoms with E-state index in [4.69, 9.17) is 14.2 Å². The smallest absolute Gasteiger partial charge is 0.251 e. The summed E-state index contributed by atoms with van der Waals surface area (Å²) in [6.45, 7) is 2.36. The standard InChI is InChI=1S/C27H28N4O5S/c1-16(13-34-2)35-20-10-18(25-29-22-4-3-9-28-26(22)31-25)11-21(12-20)36-19-7-5-17(6-8-19)27(33)30-23-14-37-15-24(23)32/h3-12,16,23-24,32H,13-15H2,1-2H3,(H,30,33)(H,28,29,31). The zero-order valence-electron chi connectivity index (χ0n) is 20.5. The lowest BCUT2D eigenvalue weighted by atomic mass is 10.1. The molecule has 3 atom stereocenters. The van der Waals surface area contributed by atoms with Gasteiger partial charge in [0.25, 0.3) is 5.91 Å². The normalized spacial score (nSPS) is 18.0. The number of imidazole rings is 1. The monoisotopic (exact) mass is 520 g/mol. The van der Waals surface area contributed by atoms with Gasteiger partial charge in [-0.25, -0.2) is 9.97 Å². The molecule has 3 heterocycles. The highest BCUT2D eigenvalue weighted by Gasteiger charge is 2.27. The summed E-state index contributed by atoms with van der Waals surface area (Å²) in [6.07, 6.45) is 1.03. The molecule has 0 saturated carbocycles. The quantitative estimate of drug-likeness (QED) is 0.303. The van der Waals surface area contributed by atoms with Crippen molar-refractivity contribution in [2.45, 2.75) is 25.2 Å². The Labute approximate surface area is 218 Å². The second-order valence-electron chi connectivity index (χ2n) is 8.84. The fourth-order valence-electron chi connectivity index (χ4n) is 4.06. The molecule has 1 fully saturated rings. The number of carbonyl (C=O) groups is 1. The largest absolute Gasteiger partial charge is 0.488 e. The van der Waals surface area contributed by atoms with Gasteiger partial charge in [-0.2, -0.15) is 11.8 Å². The molecule has 0 spiro atoms. The van der Waals surface area contributed by atoms with E-state index < -0.39 is 6.10 Å². The topological polar surface area (TPSA) is 119 Å². The van der Waals surface area contributed by atoms with Gasteiger partial charge in [-0.1, -0.05) is 0 Å². The maximum atomic E-state index is 12.6. The molecule has 0 aliphatic carbocycles. The number of aliphatic hydroxyl groups excluding tert-OH is 1. The number of nitrogens with one attached hydrogen (secondary N) is 2. The second-order valence-corrected chi connectivity index (χ2v) is 9.92. The van der Waals surface area contributed by atoms with Crippen molar-refractivity contribution in [2.75, 3.05) is 25.2 Å². The van der Waals surface area contributed by atoms with Crippen molar-refractivity contribution in [3.63, 3.8) is 0 Å². The highest BCUT2D eigenvalue weighted by Crippen LogP contribution is 2.33. The van der Waals surface area contributed by atoms with Crippen molar-refractivity contribution in [3.8, 4) is 28.6 Å². The van der Waals surface area contributed by atoms with Crippen LogP contribution < -0.4 is 14.8 Å². The summed E-state index contributed by atoms with van der Waals surface area (Å²) in [5.41, 5.74) is 2.73. The summed E-state index contributed by atoms with van der Waals surface area (Å²) >= 11 is 1.63. The summed E-state index contributed by atoms with van der Waals surface area (Å²) < 4.78 is 17.4. The molecule has 1 aliphatic heterocycles. The maximum absolute atomic E-state index is 12.6. The summed E-state index contributed by atoms with van der Waals surface area (Å²) in [4.78, 5) is 24.8. The fourth-order valence-corrected chi connectivity index (χ4v) is 5.23. The van der Waals surface area contributed by atoms with Gasteiger partial charge in [-0.3, -0.25) is 4.79 Å². The van der Waals surface area contributed by atoms with E-state index in [0.29, 0.717) is 52.4 Å². The van der Waals surface area contributed by atoms with Gasteiger partial charge in [-0.15, -0.1) is 0 Å². The lowest BCUT2D eigenvalue weighted by Crippen LogP contribution is -2.42. The average Bonchev–Trinajstić information content (AvgIpc) is 3.50. The van der Waals surface area contributed by atoms with E-state index in [0.717, 1.165) is 11.1 Å². The van der Waals surface area contributed by atoms with Crippen LogP contribution in [0, 0.1) is 0 Å². The van der Waals surface area contributed by atoms with E-state index in [-0.39, 0.29) is 18.1 Å². The van der Waals surface area contributed by atoms with Crippen LogP contribution in [0.25, 0.3) is 22.6 Å². The number of fused-ring (bicyclic) bond motifs is 1. The molecular formula is C27H28N4O5S. The van der Waals surface area contributed by atoms with Crippen LogP contribution >= 0.6 is 11.8 Å². The number of benzene rings is 2. The molecule has 37 heavy (non-hydrogen) atoms. The van der Waals surface area contributed by atoms with Crippen LogP contribution in [-0.4, -0.2) is 69.4 Å². The summed E-state index contributed by atoms with van der Waals surface area (Å²) in [7, 11) is 1.63. The number of hydrogen-bond donors (Lipinski definition) is 3. The predicted molar refractivity (Wildman–Crippen MR) is 142 cm³/mol. The molecular weight excluding hydrogens is 492 g/mol. The van der Waals surface area contributed by atoms with Crippen LogP contribution in [0.15, 0.2) is 60.8 Å². The predicted octanol–water partition coefficient (Wildman–Crippen LogP) is 4.04.